The number of hydrogen-bond donors (Lipinski definition) is 2. The van der Waals surface area contributed by atoms with Crippen LogP contribution in [0, 0.1) is 5.92 Å². The summed E-state index contributed by atoms with van der Waals surface area (Å²) in [5.41, 5.74) is 0. The van der Waals surface area contributed by atoms with Gasteiger partial charge in [0.1, 0.15) is 0 Å². The predicted molar refractivity (Wildman–Crippen MR) is 69.8 cm³/mol. The average Bonchev–Trinajstić information content (AvgIpc) is 2.77. The van der Waals surface area contributed by atoms with Crippen molar-refractivity contribution in [2.45, 2.75) is 45.1 Å². The largest absolute Gasteiger partial charge is 0.392 e. The van der Waals surface area contributed by atoms with E-state index in [4.69, 9.17) is 0 Å². The minimum absolute atomic E-state index is 0.166. The number of sulfone groups is 1. The Hall–Kier alpha value is -0.130. The topological polar surface area (TPSA) is 66.4 Å². The third-order valence-corrected chi connectivity index (χ3v) is 5.20. The van der Waals surface area contributed by atoms with Gasteiger partial charge in [0.15, 0.2) is 9.84 Å². The highest BCUT2D eigenvalue weighted by Gasteiger charge is 2.18. The molecule has 0 saturated heterocycles. The summed E-state index contributed by atoms with van der Waals surface area (Å²) in [7, 11) is -2.88. The SMILES string of the molecule is CCS(=O)(=O)CCNCC(O)CC1CCCC1. The maximum Gasteiger partial charge on any atom is 0.151 e. The molecular weight excluding hydrogens is 238 g/mol. The molecule has 1 rings (SSSR count). The Morgan fingerprint density at radius 3 is 2.59 bits per heavy atom. The van der Waals surface area contributed by atoms with Crippen molar-refractivity contribution >= 4 is 9.84 Å². The summed E-state index contributed by atoms with van der Waals surface area (Å²) in [6.45, 7) is 2.61. The molecule has 102 valence electrons. The summed E-state index contributed by atoms with van der Waals surface area (Å²) >= 11 is 0. The van der Waals surface area contributed by atoms with Crippen molar-refractivity contribution in [1.82, 2.24) is 5.32 Å². The molecule has 4 nitrogen and oxygen atoms in total. The van der Waals surface area contributed by atoms with Crippen LogP contribution in [0.3, 0.4) is 0 Å². The number of aliphatic hydroxyl groups excluding tert-OH is 1. The first-order valence-electron chi connectivity index (χ1n) is 6.62. The maximum atomic E-state index is 11.2. The van der Waals surface area contributed by atoms with E-state index in [9.17, 15) is 13.5 Å². The number of hydrogen-bond acceptors (Lipinski definition) is 4. The first-order valence-corrected chi connectivity index (χ1v) is 8.45. The lowest BCUT2D eigenvalue weighted by molar-refractivity contribution is 0.141. The molecule has 0 amide bonds. The van der Waals surface area contributed by atoms with Crippen molar-refractivity contribution in [3.05, 3.63) is 0 Å². The van der Waals surface area contributed by atoms with Gasteiger partial charge in [0, 0.05) is 18.8 Å². The average molecular weight is 263 g/mol. The molecule has 0 aliphatic heterocycles. The summed E-state index contributed by atoms with van der Waals surface area (Å²) in [5.74, 6) is 1.03. The van der Waals surface area contributed by atoms with Gasteiger partial charge in [-0.15, -0.1) is 0 Å². The highest BCUT2D eigenvalue weighted by molar-refractivity contribution is 7.91. The zero-order chi connectivity index (χ0) is 12.7. The number of rotatable bonds is 8. The van der Waals surface area contributed by atoms with Gasteiger partial charge < -0.3 is 10.4 Å². The van der Waals surface area contributed by atoms with Gasteiger partial charge in [0.05, 0.1) is 11.9 Å². The van der Waals surface area contributed by atoms with Crippen LogP contribution in [-0.2, 0) is 9.84 Å². The van der Waals surface area contributed by atoms with E-state index in [0.29, 0.717) is 19.0 Å². The minimum atomic E-state index is -2.88. The van der Waals surface area contributed by atoms with Crippen LogP contribution < -0.4 is 5.32 Å². The quantitative estimate of drug-likeness (QED) is 0.640. The highest BCUT2D eigenvalue weighted by atomic mass is 32.2. The second kappa shape index (κ2) is 7.34. The van der Waals surface area contributed by atoms with Crippen molar-refractivity contribution in [2.75, 3.05) is 24.6 Å². The molecule has 0 bridgehead atoms. The summed E-state index contributed by atoms with van der Waals surface area (Å²) in [5, 5.41) is 12.8. The monoisotopic (exact) mass is 263 g/mol. The van der Waals surface area contributed by atoms with Crippen LogP contribution in [0.1, 0.15) is 39.0 Å². The molecule has 5 heteroatoms. The molecule has 0 heterocycles. The third kappa shape index (κ3) is 6.38. The highest BCUT2D eigenvalue weighted by Crippen LogP contribution is 2.28. The second-order valence-corrected chi connectivity index (χ2v) is 7.45. The zero-order valence-electron chi connectivity index (χ0n) is 10.7. The van der Waals surface area contributed by atoms with Gasteiger partial charge in [-0.05, 0) is 12.3 Å². The first kappa shape index (κ1) is 14.9. The molecular formula is C12H25NO3S. The van der Waals surface area contributed by atoms with Crippen LogP contribution in [0.25, 0.3) is 0 Å². The van der Waals surface area contributed by atoms with E-state index in [2.05, 4.69) is 5.32 Å². The zero-order valence-corrected chi connectivity index (χ0v) is 11.5. The Kier molecular flexibility index (Phi) is 6.44. The standard InChI is InChI=1S/C12H25NO3S/c1-2-17(15,16)8-7-13-10-12(14)9-11-5-3-4-6-11/h11-14H,2-10H2,1H3. The molecule has 1 atom stereocenters. The third-order valence-electron chi connectivity index (χ3n) is 3.49. The second-order valence-electron chi connectivity index (χ2n) is 4.98. The van der Waals surface area contributed by atoms with Crippen LogP contribution in [0.2, 0.25) is 0 Å². The van der Waals surface area contributed by atoms with E-state index in [1.165, 1.54) is 25.7 Å². The predicted octanol–water partition coefficient (Wildman–Crippen LogP) is 0.952. The Balaban J connectivity index is 2.05. The van der Waals surface area contributed by atoms with E-state index in [-0.39, 0.29) is 17.6 Å². The minimum Gasteiger partial charge on any atom is -0.392 e. The summed E-state index contributed by atoms with van der Waals surface area (Å²) in [6.07, 6.45) is 5.58. The summed E-state index contributed by atoms with van der Waals surface area (Å²) < 4.78 is 22.4. The molecule has 1 aliphatic rings. The molecule has 0 spiro atoms. The Morgan fingerprint density at radius 1 is 1.35 bits per heavy atom. The molecule has 2 N–H and O–H groups in total. The number of aliphatic hydroxyl groups is 1. The molecule has 0 aromatic heterocycles. The van der Waals surface area contributed by atoms with Gasteiger partial charge in [-0.3, -0.25) is 0 Å². The molecule has 0 aromatic carbocycles. The van der Waals surface area contributed by atoms with Crippen LogP contribution in [0.5, 0.6) is 0 Å². The molecule has 0 radical (unpaired) electrons. The molecule has 17 heavy (non-hydrogen) atoms. The fraction of sp³-hybridized carbons (Fsp3) is 1.00. The Labute approximate surface area is 105 Å². The van der Waals surface area contributed by atoms with Gasteiger partial charge in [-0.1, -0.05) is 32.6 Å². The van der Waals surface area contributed by atoms with Crippen molar-refractivity contribution in [3.8, 4) is 0 Å². The smallest absolute Gasteiger partial charge is 0.151 e. The van der Waals surface area contributed by atoms with E-state index >= 15 is 0 Å². The molecule has 1 aliphatic carbocycles. The van der Waals surface area contributed by atoms with Crippen molar-refractivity contribution in [1.29, 1.82) is 0 Å². The van der Waals surface area contributed by atoms with Gasteiger partial charge >= 0.3 is 0 Å². The van der Waals surface area contributed by atoms with Gasteiger partial charge in [-0.25, -0.2) is 8.42 Å². The van der Waals surface area contributed by atoms with Gasteiger partial charge in [0.2, 0.25) is 0 Å². The fourth-order valence-corrected chi connectivity index (χ4v) is 3.10. The van der Waals surface area contributed by atoms with Crippen LogP contribution >= 0.6 is 0 Å². The Bertz CT molecular complexity index is 297. The normalized spacial score (nSPS) is 19.6. The lowest BCUT2D eigenvalue weighted by atomic mass is 10.0. The van der Waals surface area contributed by atoms with Crippen molar-refractivity contribution < 1.29 is 13.5 Å². The lowest BCUT2D eigenvalue weighted by Gasteiger charge is -2.15. The molecule has 1 unspecified atom stereocenters. The maximum absolute atomic E-state index is 11.2. The van der Waals surface area contributed by atoms with Crippen LogP contribution in [0.4, 0.5) is 0 Å². The van der Waals surface area contributed by atoms with Gasteiger partial charge in [-0.2, -0.15) is 0 Å². The molecule has 1 fully saturated rings. The molecule has 0 aromatic rings. The summed E-state index contributed by atoms with van der Waals surface area (Å²) in [6, 6.07) is 0. The van der Waals surface area contributed by atoms with Crippen molar-refractivity contribution in [3.63, 3.8) is 0 Å². The van der Waals surface area contributed by atoms with E-state index in [1.807, 2.05) is 0 Å². The van der Waals surface area contributed by atoms with E-state index < -0.39 is 9.84 Å². The van der Waals surface area contributed by atoms with E-state index in [1.54, 1.807) is 6.92 Å². The first-order chi connectivity index (χ1) is 8.03. The Morgan fingerprint density at radius 2 is 2.00 bits per heavy atom. The van der Waals surface area contributed by atoms with Crippen molar-refractivity contribution in [2.24, 2.45) is 5.92 Å². The fourth-order valence-electron chi connectivity index (χ4n) is 2.35. The van der Waals surface area contributed by atoms with Gasteiger partial charge in [0.25, 0.3) is 0 Å². The van der Waals surface area contributed by atoms with Crippen LogP contribution in [-0.4, -0.2) is 44.2 Å². The lowest BCUT2D eigenvalue weighted by Crippen LogP contribution is -2.32. The molecule has 1 saturated carbocycles. The van der Waals surface area contributed by atoms with E-state index in [0.717, 1.165) is 6.42 Å². The number of nitrogens with one attached hydrogen (secondary N) is 1. The van der Waals surface area contributed by atoms with Crippen LogP contribution in [0.15, 0.2) is 0 Å². The summed E-state index contributed by atoms with van der Waals surface area (Å²) in [4.78, 5) is 0.